The first-order valence-corrected chi connectivity index (χ1v) is 9.47. The van der Waals surface area contributed by atoms with Gasteiger partial charge < -0.3 is 0 Å². The van der Waals surface area contributed by atoms with Gasteiger partial charge in [-0.05, 0) is 55.0 Å². The van der Waals surface area contributed by atoms with Crippen LogP contribution in [0.3, 0.4) is 0 Å². The van der Waals surface area contributed by atoms with E-state index in [1.807, 2.05) is 6.92 Å². The Morgan fingerprint density at radius 1 is 0.710 bits per heavy atom. The zero-order chi connectivity index (χ0) is 23.0. The lowest BCUT2D eigenvalue weighted by Gasteiger charge is -2.28. The molecule has 1 saturated heterocycles. The number of hydrazine groups is 1. The largest absolute Gasteiger partial charge is 0.416 e. The number of benzene rings is 2. The molecule has 0 bridgehead atoms. The fraction of sp³-hybridized carbons (Fsp3) is 0.333. The second-order valence-corrected chi connectivity index (χ2v) is 7.08. The summed E-state index contributed by atoms with van der Waals surface area (Å²) in [6, 6.07) is 7.30. The molecule has 0 unspecified atom stereocenters. The minimum atomic E-state index is -4.58. The Kier molecular flexibility index (Phi) is 6.02. The van der Waals surface area contributed by atoms with E-state index in [4.69, 9.17) is 0 Å². The van der Waals surface area contributed by atoms with Crippen LogP contribution in [0.25, 0.3) is 0 Å². The first-order chi connectivity index (χ1) is 14.4. The van der Waals surface area contributed by atoms with Gasteiger partial charge in [-0.1, -0.05) is 19.8 Å². The fourth-order valence-electron chi connectivity index (χ4n) is 3.32. The van der Waals surface area contributed by atoms with Gasteiger partial charge in [-0.25, -0.2) is 10.0 Å². The van der Waals surface area contributed by atoms with Gasteiger partial charge in [-0.15, -0.1) is 0 Å². The number of carbonyl (C=O) groups is 2. The first-order valence-electron chi connectivity index (χ1n) is 9.47. The van der Waals surface area contributed by atoms with Gasteiger partial charge in [0.1, 0.15) is 5.92 Å². The van der Waals surface area contributed by atoms with E-state index in [1.165, 1.54) is 0 Å². The molecule has 1 fully saturated rings. The van der Waals surface area contributed by atoms with Crippen LogP contribution in [-0.2, 0) is 21.9 Å². The molecule has 4 nitrogen and oxygen atoms in total. The number of carbonyl (C=O) groups excluding carboxylic acids is 2. The minimum absolute atomic E-state index is 0.00486. The molecular formula is C21H18F6N2O2. The molecule has 1 aliphatic rings. The van der Waals surface area contributed by atoms with Crippen LogP contribution in [0.4, 0.5) is 37.7 Å². The highest BCUT2D eigenvalue weighted by Crippen LogP contribution is 2.37. The smallest absolute Gasteiger partial charge is 0.272 e. The highest BCUT2D eigenvalue weighted by Gasteiger charge is 2.47. The van der Waals surface area contributed by atoms with Crippen molar-refractivity contribution in [2.45, 2.75) is 38.5 Å². The first kappa shape index (κ1) is 22.6. The van der Waals surface area contributed by atoms with Crippen LogP contribution < -0.4 is 10.0 Å². The van der Waals surface area contributed by atoms with E-state index in [2.05, 4.69) is 0 Å². The van der Waals surface area contributed by atoms with Crippen LogP contribution in [0.2, 0.25) is 0 Å². The fourth-order valence-corrected chi connectivity index (χ4v) is 3.32. The predicted octanol–water partition coefficient (Wildman–Crippen LogP) is 5.83. The van der Waals surface area contributed by atoms with Crippen molar-refractivity contribution in [1.82, 2.24) is 0 Å². The quantitative estimate of drug-likeness (QED) is 0.430. The number of amides is 2. The van der Waals surface area contributed by atoms with Gasteiger partial charge >= 0.3 is 12.4 Å². The van der Waals surface area contributed by atoms with Crippen molar-refractivity contribution in [2.75, 3.05) is 10.0 Å². The van der Waals surface area contributed by atoms with E-state index in [-0.39, 0.29) is 17.8 Å². The molecule has 2 aromatic rings. The van der Waals surface area contributed by atoms with E-state index in [0.717, 1.165) is 58.5 Å². The highest BCUT2D eigenvalue weighted by molar-refractivity contribution is 6.23. The second kappa shape index (κ2) is 8.24. The summed E-state index contributed by atoms with van der Waals surface area (Å²) in [4.78, 5) is 26.0. The Balaban J connectivity index is 2.02. The van der Waals surface area contributed by atoms with E-state index in [1.54, 1.807) is 0 Å². The van der Waals surface area contributed by atoms with E-state index < -0.39 is 41.2 Å². The number of alkyl halides is 6. The number of halogens is 6. The summed E-state index contributed by atoms with van der Waals surface area (Å²) < 4.78 is 77.3. The molecule has 2 amide bonds. The van der Waals surface area contributed by atoms with Crippen molar-refractivity contribution in [3.8, 4) is 0 Å². The molecule has 1 aliphatic heterocycles. The molecule has 0 aromatic heterocycles. The molecular weight excluding hydrogens is 426 g/mol. The summed E-state index contributed by atoms with van der Waals surface area (Å²) in [6.45, 7) is 1.87. The van der Waals surface area contributed by atoms with Crippen molar-refractivity contribution < 1.29 is 35.9 Å². The molecule has 0 spiro atoms. The number of anilines is 2. The standard InChI is InChI=1S/C21H18F6N2O2/c1-2-3-4-17-18(30)28(15-9-5-13(6-10-15)20(22,23)24)29(19(17)31)16-11-7-14(8-12-16)21(25,26)27/h5-12,17H,2-4H2,1H3. The highest BCUT2D eigenvalue weighted by atomic mass is 19.4. The van der Waals surface area contributed by atoms with Crippen LogP contribution in [0.1, 0.15) is 37.3 Å². The summed E-state index contributed by atoms with van der Waals surface area (Å²) in [6.07, 6.45) is -7.68. The van der Waals surface area contributed by atoms with Crippen LogP contribution in [0.5, 0.6) is 0 Å². The zero-order valence-electron chi connectivity index (χ0n) is 16.3. The summed E-state index contributed by atoms with van der Waals surface area (Å²) >= 11 is 0. The summed E-state index contributed by atoms with van der Waals surface area (Å²) in [5.41, 5.74) is -1.86. The van der Waals surface area contributed by atoms with Gasteiger partial charge in [0, 0.05) is 0 Å². The van der Waals surface area contributed by atoms with Crippen molar-refractivity contribution in [3.63, 3.8) is 0 Å². The van der Waals surface area contributed by atoms with Gasteiger partial charge in [0.15, 0.2) is 0 Å². The third kappa shape index (κ3) is 4.52. The molecule has 0 saturated carbocycles. The van der Waals surface area contributed by atoms with Crippen molar-refractivity contribution in [1.29, 1.82) is 0 Å². The van der Waals surface area contributed by atoms with Crippen LogP contribution in [-0.4, -0.2) is 11.8 Å². The summed E-state index contributed by atoms with van der Waals surface area (Å²) in [5.74, 6) is -2.35. The topological polar surface area (TPSA) is 40.6 Å². The number of hydrogen-bond acceptors (Lipinski definition) is 2. The Bertz CT molecular complexity index is 876. The van der Waals surface area contributed by atoms with Gasteiger partial charge in [-0.2, -0.15) is 26.3 Å². The molecule has 10 heteroatoms. The van der Waals surface area contributed by atoms with Crippen molar-refractivity contribution >= 4 is 23.2 Å². The molecule has 31 heavy (non-hydrogen) atoms. The second-order valence-electron chi connectivity index (χ2n) is 7.08. The van der Waals surface area contributed by atoms with Gasteiger partial charge in [0.05, 0.1) is 22.5 Å². The number of nitrogens with zero attached hydrogens (tertiary/aromatic N) is 2. The van der Waals surface area contributed by atoms with E-state index >= 15 is 0 Å². The Hall–Kier alpha value is -3.04. The maximum atomic E-state index is 13.0. The zero-order valence-corrected chi connectivity index (χ0v) is 16.3. The Morgan fingerprint density at radius 2 is 1.06 bits per heavy atom. The number of rotatable bonds is 5. The predicted molar refractivity (Wildman–Crippen MR) is 101 cm³/mol. The lowest BCUT2D eigenvalue weighted by molar-refractivity contribution is -0.138. The molecule has 0 atom stereocenters. The Labute approximate surface area is 174 Å². The number of hydrogen-bond donors (Lipinski definition) is 0. The molecule has 166 valence electrons. The monoisotopic (exact) mass is 444 g/mol. The molecule has 2 aromatic carbocycles. The SMILES string of the molecule is CCCCC1C(=O)N(c2ccc(C(F)(F)F)cc2)N(c2ccc(C(F)(F)F)cc2)C1=O. The van der Waals surface area contributed by atoms with Crippen molar-refractivity contribution in [3.05, 3.63) is 59.7 Å². The van der Waals surface area contributed by atoms with Crippen LogP contribution >= 0.6 is 0 Å². The van der Waals surface area contributed by atoms with Crippen molar-refractivity contribution in [2.24, 2.45) is 5.92 Å². The molecule has 0 radical (unpaired) electrons. The third-order valence-corrected chi connectivity index (χ3v) is 4.94. The van der Waals surface area contributed by atoms with Crippen LogP contribution in [0.15, 0.2) is 48.5 Å². The van der Waals surface area contributed by atoms with Gasteiger partial charge in [0.2, 0.25) is 0 Å². The lowest BCUT2D eigenvalue weighted by atomic mass is 10.0. The van der Waals surface area contributed by atoms with Gasteiger partial charge in [0.25, 0.3) is 11.8 Å². The average Bonchev–Trinajstić information content (AvgIpc) is 2.95. The Morgan fingerprint density at radius 3 is 1.35 bits per heavy atom. The molecule has 3 rings (SSSR count). The lowest BCUT2D eigenvalue weighted by Crippen LogP contribution is -2.41. The third-order valence-electron chi connectivity index (χ3n) is 4.94. The number of unbranched alkanes of at least 4 members (excludes halogenated alkanes) is 1. The normalized spacial score (nSPS) is 15.8. The maximum Gasteiger partial charge on any atom is 0.416 e. The minimum Gasteiger partial charge on any atom is -0.272 e. The summed E-state index contributed by atoms with van der Waals surface area (Å²) in [5, 5.41) is 1.84. The van der Waals surface area contributed by atoms with Crippen LogP contribution in [0, 0.1) is 5.92 Å². The summed E-state index contributed by atoms with van der Waals surface area (Å²) in [7, 11) is 0. The molecule has 0 aliphatic carbocycles. The molecule has 1 heterocycles. The van der Waals surface area contributed by atoms with Gasteiger partial charge in [-0.3, -0.25) is 9.59 Å². The maximum absolute atomic E-state index is 13.0. The average molecular weight is 444 g/mol. The van der Waals surface area contributed by atoms with E-state index in [0.29, 0.717) is 12.8 Å². The molecule has 0 N–H and O–H groups in total. The van der Waals surface area contributed by atoms with E-state index in [9.17, 15) is 35.9 Å².